The van der Waals surface area contributed by atoms with Gasteiger partial charge in [0, 0.05) is 68.6 Å². The molecule has 0 bridgehead atoms. The van der Waals surface area contributed by atoms with Crippen molar-refractivity contribution < 1.29 is 9.53 Å². The zero-order valence-electron chi connectivity index (χ0n) is 27.2. The van der Waals surface area contributed by atoms with Gasteiger partial charge in [-0.2, -0.15) is 15.2 Å². The van der Waals surface area contributed by atoms with E-state index in [4.69, 9.17) is 14.7 Å². The Hall–Kier alpha value is -3.68. The highest BCUT2D eigenvalue weighted by Gasteiger charge is 2.35. The maximum Gasteiger partial charge on any atom is 0.318 e. The second kappa shape index (κ2) is 14.2. The van der Waals surface area contributed by atoms with Crippen LogP contribution in [0.25, 0.3) is 0 Å². The molecule has 2 saturated heterocycles. The number of nitrogens with zero attached hydrogens (tertiary/aromatic N) is 8. The molecule has 2 fully saturated rings. The second-order valence-corrected chi connectivity index (χ2v) is 13.3. The van der Waals surface area contributed by atoms with Gasteiger partial charge < -0.3 is 29.2 Å². The van der Waals surface area contributed by atoms with Crippen molar-refractivity contribution in [2.75, 3.05) is 76.8 Å². The molecule has 4 heterocycles. The summed E-state index contributed by atoms with van der Waals surface area (Å²) in [6.07, 6.45) is 11.2. The summed E-state index contributed by atoms with van der Waals surface area (Å²) in [6.45, 7) is 5.22. The highest BCUT2D eigenvalue weighted by molar-refractivity contribution is 5.88. The number of nitriles is 1. The highest BCUT2D eigenvalue weighted by atomic mass is 16.5. The number of ether oxygens (including phenoxy) is 1. The van der Waals surface area contributed by atoms with Crippen molar-refractivity contribution in [3.8, 4) is 12.1 Å². The number of amides is 1. The first-order valence-corrected chi connectivity index (χ1v) is 16.7. The molecule has 0 saturated carbocycles. The quantitative estimate of drug-likeness (QED) is 0.396. The Morgan fingerprint density at radius 3 is 2.76 bits per heavy atom. The van der Waals surface area contributed by atoms with E-state index in [9.17, 15) is 10.1 Å². The number of likely N-dealkylation sites (N-methyl/N-ethyl adjacent to an activating group) is 2. The van der Waals surface area contributed by atoms with Gasteiger partial charge in [0.05, 0.1) is 24.2 Å². The number of aryl methyl sites for hydroxylation is 1. The van der Waals surface area contributed by atoms with Crippen molar-refractivity contribution >= 4 is 17.4 Å². The number of carbonyl (C=O) groups excluding carboxylic acids is 1. The molecule has 1 aromatic carbocycles. The van der Waals surface area contributed by atoms with Gasteiger partial charge in [-0.3, -0.25) is 4.79 Å². The molecular weight excluding hydrogens is 564 g/mol. The Morgan fingerprint density at radius 2 is 1.96 bits per heavy atom. The molecule has 2 aromatic rings. The third kappa shape index (κ3) is 7.10. The monoisotopic (exact) mass is 612 g/mol. The Bertz CT molecular complexity index is 1420. The van der Waals surface area contributed by atoms with E-state index < -0.39 is 0 Å². The summed E-state index contributed by atoms with van der Waals surface area (Å²) in [5.74, 6) is 0.890. The van der Waals surface area contributed by atoms with Crippen molar-refractivity contribution in [3.05, 3.63) is 53.2 Å². The molecule has 3 aliphatic heterocycles. The molecule has 3 atom stereocenters. The van der Waals surface area contributed by atoms with Crippen LogP contribution in [0.3, 0.4) is 0 Å². The number of carbonyl (C=O) groups is 1. The fourth-order valence-corrected chi connectivity index (χ4v) is 7.53. The maximum atomic E-state index is 13.1. The maximum absolute atomic E-state index is 13.1. The molecule has 45 heavy (non-hydrogen) atoms. The van der Waals surface area contributed by atoms with Crippen molar-refractivity contribution in [2.24, 2.45) is 0 Å². The summed E-state index contributed by atoms with van der Waals surface area (Å²) in [7, 11) is 6.12. The number of likely N-dealkylation sites (tertiary alicyclic amines) is 1. The molecule has 1 amide bonds. The number of para-hydroxylation sites is 1. The summed E-state index contributed by atoms with van der Waals surface area (Å²) >= 11 is 0. The third-order valence-corrected chi connectivity index (χ3v) is 9.99. The number of hydrogen-bond acceptors (Lipinski definition) is 9. The van der Waals surface area contributed by atoms with E-state index in [1.165, 1.54) is 29.7 Å². The molecule has 3 unspecified atom stereocenters. The number of fused-ring (bicyclic) bond motifs is 2. The Balaban J connectivity index is 1.26. The number of benzene rings is 1. The first-order valence-electron chi connectivity index (χ1n) is 16.7. The average molecular weight is 613 g/mol. The van der Waals surface area contributed by atoms with Crippen molar-refractivity contribution in [1.29, 1.82) is 5.26 Å². The lowest BCUT2D eigenvalue weighted by molar-refractivity contribution is -0.128. The number of rotatable bonds is 9. The van der Waals surface area contributed by atoms with Crippen LogP contribution in [0, 0.1) is 11.3 Å². The van der Waals surface area contributed by atoms with Gasteiger partial charge in [-0.05, 0) is 77.8 Å². The van der Waals surface area contributed by atoms with Gasteiger partial charge >= 0.3 is 6.01 Å². The number of hydrogen-bond donors (Lipinski definition) is 0. The summed E-state index contributed by atoms with van der Waals surface area (Å²) in [4.78, 5) is 34.4. The van der Waals surface area contributed by atoms with Crippen LogP contribution in [0.5, 0.6) is 6.01 Å². The molecular formula is C35H48N8O2. The minimum atomic E-state index is -0.205. The molecule has 10 nitrogen and oxygen atoms in total. The minimum Gasteiger partial charge on any atom is -0.462 e. The van der Waals surface area contributed by atoms with Crippen molar-refractivity contribution in [2.45, 2.75) is 69.5 Å². The van der Waals surface area contributed by atoms with Gasteiger partial charge in [-0.1, -0.05) is 24.3 Å². The largest absolute Gasteiger partial charge is 0.462 e. The highest BCUT2D eigenvalue weighted by Crippen LogP contribution is 2.37. The van der Waals surface area contributed by atoms with Crippen LogP contribution in [0.2, 0.25) is 0 Å². The topological polar surface area (TPSA) is 92.1 Å². The molecule has 4 aliphatic rings. The smallest absolute Gasteiger partial charge is 0.318 e. The number of aromatic nitrogens is 2. The summed E-state index contributed by atoms with van der Waals surface area (Å²) < 4.78 is 6.36. The van der Waals surface area contributed by atoms with Crippen LogP contribution in [-0.2, 0) is 24.1 Å². The Kier molecular flexibility index (Phi) is 9.86. The lowest BCUT2D eigenvalue weighted by Gasteiger charge is -2.43. The number of piperazine rings is 1. The van der Waals surface area contributed by atoms with Crippen molar-refractivity contribution in [3.63, 3.8) is 0 Å². The molecule has 0 radical (unpaired) electrons. The summed E-state index contributed by atoms with van der Waals surface area (Å²) in [6, 6.07) is 12.2. The molecule has 0 spiro atoms. The Labute approximate surface area is 268 Å². The summed E-state index contributed by atoms with van der Waals surface area (Å²) in [5.41, 5.74) is 5.08. The third-order valence-electron chi connectivity index (χ3n) is 9.99. The lowest BCUT2D eigenvalue weighted by Crippen LogP contribution is -2.55. The number of anilines is 2. The van der Waals surface area contributed by atoms with Gasteiger partial charge in [0.1, 0.15) is 12.4 Å². The molecule has 10 heteroatoms. The Morgan fingerprint density at radius 1 is 1.09 bits per heavy atom. The molecule has 6 rings (SSSR count). The lowest BCUT2D eigenvalue weighted by atomic mass is 9.88. The molecule has 240 valence electrons. The minimum absolute atomic E-state index is 0.0316. The predicted octanol–water partition coefficient (Wildman–Crippen LogP) is 3.31. The van der Waals surface area contributed by atoms with Crippen molar-refractivity contribution in [1.82, 2.24) is 24.7 Å². The predicted molar refractivity (Wildman–Crippen MR) is 177 cm³/mol. The van der Waals surface area contributed by atoms with Crippen LogP contribution >= 0.6 is 0 Å². The molecule has 1 aliphatic carbocycles. The average Bonchev–Trinajstić information content (AvgIpc) is 3.47. The van der Waals surface area contributed by atoms with Crippen LogP contribution in [0.4, 0.5) is 11.5 Å². The van der Waals surface area contributed by atoms with Crippen LogP contribution in [0.1, 0.15) is 48.9 Å². The zero-order chi connectivity index (χ0) is 31.3. The summed E-state index contributed by atoms with van der Waals surface area (Å²) in [5, 5.41) is 9.69. The van der Waals surface area contributed by atoms with Gasteiger partial charge in [0.25, 0.3) is 0 Å². The van der Waals surface area contributed by atoms with Crippen LogP contribution in [0.15, 0.2) is 36.4 Å². The first-order chi connectivity index (χ1) is 21.9. The van der Waals surface area contributed by atoms with E-state index in [1.807, 2.05) is 30.0 Å². The SMILES string of the molecule is CN(C)C/C=C/C(=O)N1CCN(c2nc(OCC3CCCN3C)nc3c2CCC(N2CCCc4ccccc42)C3)CC1CC#N. The zero-order valence-corrected chi connectivity index (χ0v) is 27.2. The fourth-order valence-electron chi connectivity index (χ4n) is 7.53. The second-order valence-electron chi connectivity index (χ2n) is 13.3. The van der Waals surface area contributed by atoms with Gasteiger partial charge in [-0.15, -0.1) is 0 Å². The van der Waals surface area contributed by atoms with E-state index in [1.54, 1.807) is 6.08 Å². The van der Waals surface area contributed by atoms with Crippen LogP contribution < -0.4 is 14.5 Å². The molecule has 1 aromatic heterocycles. The first kappa shape index (κ1) is 31.3. The normalized spacial score (nSPS) is 23.7. The van der Waals surface area contributed by atoms with E-state index in [0.29, 0.717) is 50.9 Å². The van der Waals surface area contributed by atoms with Gasteiger partial charge in [-0.25, -0.2) is 0 Å². The fraction of sp³-hybridized carbons (Fsp3) is 0.600. The van der Waals surface area contributed by atoms with Gasteiger partial charge in [0.2, 0.25) is 5.91 Å². The van der Waals surface area contributed by atoms with E-state index in [-0.39, 0.29) is 18.4 Å². The molecule has 0 N–H and O–H groups in total. The van der Waals surface area contributed by atoms with E-state index >= 15 is 0 Å². The van der Waals surface area contributed by atoms with Gasteiger partial charge in [0.15, 0.2) is 0 Å². The van der Waals surface area contributed by atoms with E-state index in [0.717, 1.165) is 56.7 Å². The van der Waals surface area contributed by atoms with E-state index in [2.05, 4.69) is 52.1 Å². The van der Waals surface area contributed by atoms with Crippen LogP contribution in [-0.4, -0.2) is 116 Å². The standard InChI is InChI=1S/C35H48N8O2/c1-39(2)18-8-13-33(44)43-22-21-41(24-28(43)16-17-36)34-30-15-14-27(42-20-6-10-26-9-4-5-12-32(26)42)23-31(30)37-35(38-34)45-25-29-11-7-19-40(29)3/h4-5,8-9,12-13,27-29H,6-7,10-11,14-16,18-25H2,1-3H3/b13-8+.